The van der Waals surface area contributed by atoms with E-state index in [1.807, 2.05) is 35.2 Å². The summed E-state index contributed by atoms with van der Waals surface area (Å²) in [5.41, 5.74) is 1.03. The highest BCUT2D eigenvalue weighted by Gasteiger charge is 2.28. The zero-order valence-corrected chi connectivity index (χ0v) is 22.2. The molecule has 1 aromatic heterocycles. The number of aromatic nitrogens is 1. The van der Waals surface area contributed by atoms with Crippen molar-refractivity contribution in [2.45, 2.75) is 64.7 Å². The first-order chi connectivity index (χ1) is 18.1. The van der Waals surface area contributed by atoms with Crippen molar-refractivity contribution in [3.63, 3.8) is 0 Å². The zero-order chi connectivity index (χ0) is 27.3. The molecule has 0 atom stereocenters. The molecule has 1 saturated carbocycles. The molecule has 1 heterocycles. The Labute approximate surface area is 222 Å². The van der Waals surface area contributed by atoms with Crippen molar-refractivity contribution in [3.8, 4) is 11.5 Å². The third-order valence-corrected chi connectivity index (χ3v) is 6.23. The lowest BCUT2D eigenvalue weighted by atomic mass is 10.1. The maximum atomic E-state index is 13.0. The molecule has 0 amide bonds. The second kappa shape index (κ2) is 11.5. The molecule has 1 aliphatic carbocycles. The van der Waals surface area contributed by atoms with Crippen molar-refractivity contribution < 1.29 is 23.9 Å². The molecule has 0 aliphatic heterocycles. The lowest BCUT2D eigenvalue weighted by Gasteiger charge is -2.27. The summed E-state index contributed by atoms with van der Waals surface area (Å²) in [4.78, 5) is 30.4. The fraction of sp³-hybridized carbons (Fsp3) is 0.379. The van der Waals surface area contributed by atoms with Crippen LogP contribution in [0.25, 0.3) is 0 Å². The number of pyridine rings is 1. The molecule has 0 unspecified atom stereocenters. The van der Waals surface area contributed by atoms with Gasteiger partial charge in [0.2, 0.25) is 0 Å². The fourth-order valence-corrected chi connectivity index (χ4v) is 4.46. The number of hydrogen-bond donors (Lipinski definition) is 0. The summed E-state index contributed by atoms with van der Waals surface area (Å²) in [6.45, 7) is 5.56. The van der Waals surface area contributed by atoms with Gasteiger partial charge in [0.05, 0.1) is 18.1 Å². The van der Waals surface area contributed by atoms with E-state index >= 15 is 0 Å². The number of benzene rings is 2. The van der Waals surface area contributed by atoms with Crippen LogP contribution in [-0.4, -0.2) is 34.7 Å². The lowest BCUT2D eigenvalue weighted by molar-refractivity contribution is -0.385. The Kier molecular flexibility index (Phi) is 8.14. The molecule has 1 aliphatic rings. The summed E-state index contributed by atoms with van der Waals surface area (Å²) in [5.74, 6) is 0.495. The number of nitrogens with zero attached hydrogens (tertiary/aromatic N) is 3. The van der Waals surface area contributed by atoms with E-state index in [1.165, 1.54) is 12.1 Å². The molecule has 0 radical (unpaired) electrons. The van der Waals surface area contributed by atoms with Gasteiger partial charge in [-0.3, -0.25) is 15.1 Å². The molecule has 0 spiro atoms. The molecule has 38 heavy (non-hydrogen) atoms. The third kappa shape index (κ3) is 6.59. The van der Waals surface area contributed by atoms with Crippen molar-refractivity contribution >= 4 is 23.0 Å². The molecule has 2 aromatic carbocycles. The van der Waals surface area contributed by atoms with Gasteiger partial charge in [-0.15, -0.1) is 0 Å². The van der Waals surface area contributed by atoms with Crippen molar-refractivity contribution in [2.24, 2.45) is 0 Å². The number of carbonyl (C=O) groups is 1. The number of hydrogen-bond acceptors (Lipinski definition) is 8. The molecule has 1 fully saturated rings. The predicted molar refractivity (Wildman–Crippen MR) is 144 cm³/mol. The summed E-state index contributed by atoms with van der Waals surface area (Å²) in [7, 11) is 1.60. The smallest absolute Gasteiger partial charge is 0.345 e. The van der Waals surface area contributed by atoms with Crippen LogP contribution in [0.2, 0.25) is 0 Å². The number of esters is 1. The fourth-order valence-electron chi connectivity index (χ4n) is 4.46. The maximum Gasteiger partial charge on any atom is 0.345 e. The summed E-state index contributed by atoms with van der Waals surface area (Å²) >= 11 is 0. The average Bonchev–Trinajstić information content (AvgIpc) is 3.39. The van der Waals surface area contributed by atoms with Gasteiger partial charge < -0.3 is 19.1 Å². The van der Waals surface area contributed by atoms with Crippen molar-refractivity contribution in [2.75, 3.05) is 12.0 Å². The second-order valence-electron chi connectivity index (χ2n) is 10.3. The van der Waals surface area contributed by atoms with E-state index < -0.39 is 16.5 Å². The van der Waals surface area contributed by atoms with Gasteiger partial charge in [-0.25, -0.2) is 4.79 Å². The van der Waals surface area contributed by atoms with E-state index in [2.05, 4.69) is 4.98 Å². The van der Waals surface area contributed by atoms with Crippen molar-refractivity contribution in [1.29, 1.82) is 0 Å². The minimum atomic E-state index is -0.807. The van der Waals surface area contributed by atoms with E-state index in [9.17, 15) is 14.9 Å². The summed E-state index contributed by atoms with van der Waals surface area (Å²) in [5, 5.41) is 11.8. The maximum absolute atomic E-state index is 13.0. The Morgan fingerprint density at radius 3 is 2.42 bits per heavy atom. The predicted octanol–water partition coefficient (Wildman–Crippen LogP) is 6.61. The highest BCUT2D eigenvalue weighted by atomic mass is 16.6. The molecule has 4 rings (SSSR count). The lowest BCUT2D eigenvalue weighted by Crippen LogP contribution is -2.25. The third-order valence-electron chi connectivity index (χ3n) is 6.23. The minimum Gasteiger partial charge on any atom is -0.493 e. The van der Waals surface area contributed by atoms with E-state index in [-0.39, 0.29) is 17.4 Å². The standard InChI is InChI=1S/C29H33N3O6/c1-29(2,3)38-28(33)24-16-21(11-13-25(24)32(34)35)31(19-20-8-7-15-30-18-20)22-12-14-26(36-4)27(17-22)37-23-9-5-6-10-23/h7-8,11-18,23H,5-6,9-10,19H2,1-4H3. The first-order valence-electron chi connectivity index (χ1n) is 12.7. The van der Waals surface area contributed by atoms with E-state index in [1.54, 1.807) is 46.3 Å². The Balaban J connectivity index is 1.79. The Hall–Kier alpha value is -4.14. The number of methoxy groups -OCH3 is 1. The number of carbonyl (C=O) groups excluding carboxylic acids is 1. The zero-order valence-electron chi connectivity index (χ0n) is 22.2. The molecular weight excluding hydrogens is 486 g/mol. The number of ether oxygens (including phenoxy) is 3. The van der Waals surface area contributed by atoms with Gasteiger partial charge in [-0.05, 0) is 82.3 Å². The highest BCUT2D eigenvalue weighted by molar-refractivity contribution is 5.95. The highest BCUT2D eigenvalue weighted by Crippen LogP contribution is 2.39. The van der Waals surface area contributed by atoms with Crippen LogP contribution < -0.4 is 14.4 Å². The van der Waals surface area contributed by atoms with Crippen LogP contribution in [0.15, 0.2) is 60.9 Å². The molecule has 0 bridgehead atoms. The number of nitro groups is 1. The van der Waals surface area contributed by atoms with Gasteiger partial charge in [0.1, 0.15) is 11.2 Å². The van der Waals surface area contributed by atoms with E-state index in [0.717, 1.165) is 36.9 Å². The molecule has 0 N–H and O–H groups in total. The first-order valence-corrected chi connectivity index (χ1v) is 12.7. The molecular formula is C29H33N3O6. The largest absolute Gasteiger partial charge is 0.493 e. The summed E-state index contributed by atoms with van der Waals surface area (Å²) < 4.78 is 17.4. The number of rotatable bonds is 9. The molecule has 9 nitrogen and oxygen atoms in total. The van der Waals surface area contributed by atoms with Gasteiger partial charge in [0.15, 0.2) is 11.5 Å². The van der Waals surface area contributed by atoms with Gasteiger partial charge in [0, 0.05) is 42.4 Å². The molecule has 9 heteroatoms. The van der Waals surface area contributed by atoms with Crippen molar-refractivity contribution in [1.82, 2.24) is 4.98 Å². The Bertz CT molecular complexity index is 1280. The topological polar surface area (TPSA) is 104 Å². The molecule has 3 aromatic rings. The monoisotopic (exact) mass is 519 g/mol. The average molecular weight is 520 g/mol. The molecule has 200 valence electrons. The van der Waals surface area contributed by atoms with Crippen LogP contribution in [0, 0.1) is 10.1 Å². The van der Waals surface area contributed by atoms with Crippen LogP contribution in [0.3, 0.4) is 0 Å². The van der Waals surface area contributed by atoms with Gasteiger partial charge in [-0.1, -0.05) is 6.07 Å². The first kappa shape index (κ1) is 26.9. The SMILES string of the molecule is COc1ccc(N(Cc2cccnc2)c2ccc([N+](=O)[O-])c(C(=O)OC(C)(C)C)c2)cc1OC1CCCC1. The van der Waals surface area contributed by atoms with Gasteiger partial charge in [-0.2, -0.15) is 0 Å². The van der Waals surface area contributed by atoms with Crippen LogP contribution >= 0.6 is 0 Å². The van der Waals surface area contributed by atoms with Gasteiger partial charge >= 0.3 is 5.97 Å². The Morgan fingerprint density at radius 2 is 1.79 bits per heavy atom. The van der Waals surface area contributed by atoms with Gasteiger partial charge in [0.25, 0.3) is 5.69 Å². The summed E-state index contributed by atoms with van der Waals surface area (Å²) in [6.07, 6.45) is 7.84. The van der Waals surface area contributed by atoms with Crippen LogP contribution in [0.4, 0.5) is 17.1 Å². The summed E-state index contributed by atoms with van der Waals surface area (Å²) in [6, 6.07) is 13.9. The number of nitro benzene ring substituents is 1. The van der Waals surface area contributed by atoms with E-state index in [4.69, 9.17) is 14.2 Å². The van der Waals surface area contributed by atoms with Crippen molar-refractivity contribution in [3.05, 3.63) is 82.2 Å². The normalized spacial score (nSPS) is 13.7. The number of anilines is 2. The minimum absolute atomic E-state index is 0.116. The Morgan fingerprint density at radius 1 is 1.08 bits per heavy atom. The molecule has 0 saturated heterocycles. The van der Waals surface area contributed by atoms with Crippen LogP contribution in [0.5, 0.6) is 11.5 Å². The van der Waals surface area contributed by atoms with Crippen LogP contribution in [-0.2, 0) is 11.3 Å². The second-order valence-corrected chi connectivity index (χ2v) is 10.3. The quantitative estimate of drug-likeness (QED) is 0.177. The van der Waals surface area contributed by atoms with Crippen LogP contribution in [0.1, 0.15) is 62.4 Å². The van der Waals surface area contributed by atoms with E-state index in [0.29, 0.717) is 23.7 Å².